The molecule has 0 spiro atoms. The quantitative estimate of drug-likeness (QED) is 0.642. The Hall–Kier alpha value is -0.510. The van der Waals surface area contributed by atoms with E-state index >= 15 is 0 Å². The topological polar surface area (TPSA) is 23.8 Å². The Morgan fingerprint density at radius 1 is 1.14 bits per heavy atom. The Balaban J connectivity index is 2.73. The Labute approximate surface area is 88.5 Å². The van der Waals surface area contributed by atoms with Gasteiger partial charge in [0.05, 0.1) is 6.07 Å². The summed E-state index contributed by atoms with van der Waals surface area (Å²) >= 11 is 0. The Morgan fingerprint density at radius 3 is 2.14 bits per heavy atom. The van der Waals surface area contributed by atoms with Crippen molar-refractivity contribution in [2.24, 2.45) is 10.8 Å². The molecular formula is C13H23N. The van der Waals surface area contributed by atoms with Crippen LogP contribution in [0.4, 0.5) is 0 Å². The highest BCUT2D eigenvalue weighted by atomic mass is 14.5. The van der Waals surface area contributed by atoms with Gasteiger partial charge in [0.15, 0.2) is 0 Å². The van der Waals surface area contributed by atoms with Crippen molar-refractivity contribution < 1.29 is 0 Å². The molecule has 0 radical (unpaired) electrons. The number of hydrogen-bond acceptors (Lipinski definition) is 1. The summed E-state index contributed by atoms with van der Waals surface area (Å²) in [5.74, 6) is 0. The van der Waals surface area contributed by atoms with E-state index in [-0.39, 0.29) is 0 Å². The maximum atomic E-state index is 8.73. The second-order valence-corrected chi connectivity index (χ2v) is 5.75. The summed E-state index contributed by atoms with van der Waals surface area (Å²) in [6, 6.07) is 2.31. The second-order valence-electron chi connectivity index (χ2n) is 5.75. The maximum Gasteiger partial charge on any atom is 0.0621 e. The van der Waals surface area contributed by atoms with Crippen LogP contribution < -0.4 is 0 Å². The minimum atomic E-state index is 0.365. The van der Waals surface area contributed by atoms with Crippen LogP contribution in [-0.4, -0.2) is 0 Å². The van der Waals surface area contributed by atoms with Crippen molar-refractivity contribution in [1.82, 2.24) is 0 Å². The van der Waals surface area contributed by atoms with E-state index in [9.17, 15) is 0 Å². The lowest BCUT2D eigenvalue weighted by molar-refractivity contribution is 0.0311. The molecule has 1 nitrogen and oxygen atoms in total. The fourth-order valence-electron chi connectivity index (χ4n) is 2.90. The number of nitrogens with zero attached hydrogens (tertiary/aromatic N) is 1. The molecule has 1 saturated carbocycles. The molecule has 0 aromatic rings. The lowest BCUT2D eigenvalue weighted by Gasteiger charge is -2.47. The number of rotatable bonds is 2. The first-order valence-corrected chi connectivity index (χ1v) is 5.89. The highest BCUT2D eigenvalue weighted by Crippen LogP contribution is 2.52. The molecule has 0 aromatic heterocycles. The highest BCUT2D eigenvalue weighted by Gasteiger charge is 2.41. The first-order chi connectivity index (χ1) is 6.52. The van der Waals surface area contributed by atoms with Gasteiger partial charge in [-0.1, -0.05) is 40.0 Å². The molecule has 0 atom stereocenters. The fourth-order valence-corrected chi connectivity index (χ4v) is 2.90. The second kappa shape index (κ2) is 4.34. The molecule has 1 aliphatic carbocycles. The van der Waals surface area contributed by atoms with Gasteiger partial charge in [-0.3, -0.25) is 0 Å². The summed E-state index contributed by atoms with van der Waals surface area (Å²) in [5, 5.41) is 8.73. The van der Waals surface area contributed by atoms with Gasteiger partial charge in [-0.2, -0.15) is 5.26 Å². The molecule has 0 N–H and O–H groups in total. The minimum absolute atomic E-state index is 0.365. The zero-order valence-corrected chi connectivity index (χ0v) is 9.90. The third-order valence-corrected chi connectivity index (χ3v) is 4.12. The van der Waals surface area contributed by atoms with Crippen LogP contribution in [0.25, 0.3) is 0 Å². The normalized spacial score (nSPS) is 21.6. The van der Waals surface area contributed by atoms with Crippen molar-refractivity contribution >= 4 is 0 Å². The molecule has 0 saturated heterocycles. The van der Waals surface area contributed by atoms with E-state index in [1.165, 1.54) is 32.1 Å². The molecule has 0 aliphatic heterocycles. The molecule has 0 aromatic carbocycles. The largest absolute Gasteiger partial charge is 0.198 e. The minimum Gasteiger partial charge on any atom is -0.198 e. The maximum absolute atomic E-state index is 8.73. The fraction of sp³-hybridized carbons (Fsp3) is 0.923. The van der Waals surface area contributed by atoms with Gasteiger partial charge in [-0.15, -0.1) is 0 Å². The third-order valence-electron chi connectivity index (χ3n) is 4.12. The van der Waals surface area contributed by atoms with Crippen molar-refractivity contribution in [3.63, 3.8) is 0 Å². The zero-order valence-electron chi connectivity index (χ0n) is 9.90. The summed E-state index contributed by atoms with van der Waals surface area (Å²) in [6.45, 7) is 7.03. The van der Waals surface area contributed by atoms with Crippen molar-refractivity contribution in [3.05, 3.63) is 0 Å². The molecule has 1 rings (SSSR count). The van der Waals surface area contributed by atoms with Gasteiger partial charge in [0.25, 0.3) is 0 Å². The molecule has 0 unspecified atom stereocenters. The Kier molecular flexibility index (Phi) is 3.59. The smallest absolute Gasteiger partial charge is 0.0621 e. The van der Waals surface area contributed by atoms with Gasteiger partial charge in [0.1, 0.15) is 0 Å². The van der Waals surface area contributed by atoms with Crippen LogP contribution in [0.15, 0.2) is 0 Å². The van der Waals surface area contributed by atoms with E-state index in [2.05, 4.69) is 26.8 Å². The molecule has 14 heavy (non-hydrogen) atoms. The summed E-state index contributed by atoms with van der Waals surface area (Å²) in [7, 11) is 0. The Morgan fingerprint density at radius 2 is 1.71 bits per heavy atom. The van der Waals surface area contributed by atoms with Gasteiger partial charge in [-0.25, -0.2) is 0 Å². The molecule has 1 aliphatic rings. The van der Waals surface area contributed by atoms with E-state index in [1.807, 2.05) is 0 Å². The average molecular weight is 193 g/mol. The van der Waals surface area contributed by atoms with Crippen LogP contribution in [-0.2, 0) is 0 Å². The highest BCUT2D eigenvalue weighted by molar-refractivity contribution is 4.94. The summed E-state index contributed by atoms with van der Waals surface area (Å²) < 4.78 is 0. The van der Waals surface area contributed by atoms with Crippen LogP contribution in [0.2, 0.25) is 0 Å². The SMILES string of the molecule is CC(C)(C)C1(CCC#N)CCCCC1. The van der Waals surface area contributed by atoms with E-state index in [0.29, 0.717) is 10.8 Å². The van der Waals surface area contributed by atoms with Crippen LogP contribution in [0, 0.1) is 22.2 Å². The van der Waals surface area contributed by atoms with Crippen molar-refractivity contribution in [2.75, 3.05) is 0 Å². The lowest BCUT2D eigenvalue weighted by atomic mass is 9.57. The number of nitriles is 1. The van der Waals surface area contributed by atoms with Crippen molar-refractivity contribution in [2.45, 2.75) is 65.7 Å². The first-order valence-electron chi connectivity index (χ1n) is 5.89. The van der Waals surface area contributed by atoms with Gasteiger partial charge in [-0.05, 0) is 30.1 Å². The molecule has 0 amide bonds. The summed E-state index contributed by atoms with van der Waals surface area (Å²) in [4.78, 5) is 0. The van der Waals surface area contributed by atoms with Crippen LogP contribution in [0.3, 0.4) is 0 Å². The number of hydrogen-bond donors (Lipinski definition) is 0. The molecule has 0 heterocycles. The third kappa shape index (κ3) is 2.29. The molecule has 1 heteroatoms. The van der Waals surface area contributed by atoms with E-state index in [1.54, 1.807) is 0 Å². The van der Waals surface area contributed by atoms with Crippen LogP contribution in [0.1, 0.15) is 65.7 Å². The predicted molar refractivity (Wildman–Crippen MR) is 59.8 cm³/mol. The van der Waals surface area contributed by atoms with E-state index < -0.39 is 0 Å². The molecule has 0 bridgehead atoms. The van der Waals surface area contributed by atoms with Gasteiger partial charge in [0.2, 0.25) is 0 Å². The first kappa shape index (κ1) is 11.6. The van der Waals surface area contributed by atoms with Gasteiger partial charge in [0, 0.05) is 6.42 Å². The lowest BCUT2D eigenvalue weighted by Crippen LogP contribution is -2.37. The van der Waals surface area contributed by atoms with Crippen LogP contribution >= 0.6 is 0 Å². The van der Waals surface area contributed by atoms with E-state index in [0.717, 1.165) is 12.8 Å². The molecule has 1 fully saturated rings. The van der Waals surface area contributed by atoms with Gasteiger partial charge < -0.3 is 0 Å². The molecule has 80 valence electrons. The monoisotopic (exact) mass is 193 g/mol. The van der Waals surface area contributed by atoms with Crippen molar-refractivity contribution in [3.8, 4) is 6.07 Å². The standard InChI is InChI=1S/C13H23N/c1-12(2,3)13(10-7-11-14)8-5-4-6-9-13/h4-10H2,1-3H3. The summed E-state index contributed by atoms with van der Waals surface area (Å²) in [6.07, 6.45) is 8.62. The average Bonchev–Trinajstić information content (AvgIpc) is 2.14. The van der Waals surface area contributed by atoms with Gasteiger partial charge >= 0.3 is 0 Å². The predicted octanol–water partition coefficient (Wildman–Crippen LogP) is 4.29. The van der Waals surface area contributed by atoms with Crippen molar-refractivity contribution in [1.29, 1.82) is 5.26 Å². The Bertz CT molecular complexity index is 210. The van der Waals surface area contributed by atoms with Crippen LogP contribution in [0.5, 0.6) is 0 Å². The van der Waals surface area contributed by atoms with E-state index in [4.69, 9.17) is 5.26 Å². The zero-order chi connectivity index (χ0) is 10.7. The summed E-state index contributed by atoms with van der Waals surface area (Å²) in [5.41, 5.74) is 0.811. The molecular weight excluding hydrogens is 170 g/mol.